The molecular weight excluding hydrogens is 261 g/mol. The second kappa shape index (κ2) is 6.14. The van der Waals surface area contributed by atoms with E-state index in [4.69, 9.17) is 0 Å². The Morgan fingerprint density at radius 1 is 1.40 bits per heavy atom. The second-order valence-corrected chi connectivity index (χ2v) is 4.19. The van der Waals surface area contributed by atoms with Gasteiger partial charge in [0.25, 0.3) is 5.91 Å². The molecule has 20 heavy (non-hydrogen) atoms. The lowest BCUT2D eigenvalue weighted by Gasteiger charge is -2.09. The predicted octanol–water partition coefficient (Wildman–Crippen LogP) is 1.32. The first-order valence-electron chi connectivity index (χ1n) is 6.26. The number of nitrogens with one attached hydrogen (secondary N) is 2. The molecule has 0 aliphatic rings. The van der Waals surface area contributed by atoms with Crippen molar-refractivity contribution in [2.45, 2.75) is 13.5 Å². The molecule has 0 aliphatic heterocycles. The van der Waals surface area contributed by atoms with Gasteiger partial charge < -0.3 is 15.2 Å². The molecule has 6 nitrogen and oxygen atoms in total. The molecule has 0 saturated carbocycles. The number of nitrogens with zero attached hydrogens (tertiary/aromatic N) is 3. The Morgan fingerprint density at radius 3 is 2.85 bits per heavy atom. The maximum absolute atomic E-state index is 14.0. The van der Waals surface area contributed by atoms with Gasteiger partial charge in [-0.2, -0.15) is 0 Å². The Bertz CT molecular complexity index is 611. The van der Waals surface area contributed by atoms with Crippen LogP contribution in [0.5, 0.6) is 0 Å². The van der Waals surface area contributed by atoms with E-state index < -0.39 is 11.7 Å². The molecule has 1 amide bonds. The fourth-order valence-corrected chi connectivity index (χ4v) is 1.73. The van der Waals surface area contributed by atoms with Crippen molar-refractivity contribution >= 4 is 11.7 Å². The Labute approximate surface area is 116 Å². The number of imidazole rings is 1. The summed E-state index contributed by atoms with van der Waals surface area (Å²) in [7, 11) is 1.82. The van der Waals surface area contributed by atoms with Crippen molar-refractivity contribution in [3.63, 3.8) is 0 Å². The molecule has 0 radical (unpaired) electrons. The molecule has 2 rings (SSSR count). The standard InChI is InChI=1S/C13H16FN5O/c1-3-15-12-11(14)9(4-5-17-12)13(20)18-8-10-16-6-7-19(10)2/h4-7H,3,8H2,1-2H3,(H,15,17)(H,18,20). The van der Waals surface area contributed by atoms with Crippen LogP contribution in [-0.4, -0.2) is 27.0 Å². The molecule has 0 aromatic carbocycles. The number of amides is 1. The van der Waals surface area contributed by atoms with Gasteiger partial charge in [-0.3, -0.25) is 4.79 Å². The summed E-state index contributed by atoms with van der Waals surface area (Å²) in [5.41, 5.74) is -0.0369. The van der Waals surface area contributed by atoms with Gasteiger partial charge in [0, 0.05) is 32.2 Å². The highest BCUT2D eigenvalue weighted by Gasteiger charge is 2.15. The smallest absolute Gasteiger partial charge is 0.254 e. The molecule has 2 N–H and O–H groups in total. The summed E-state index contributed by atoms with van der Waals surface area (Å²) in [4.78, 5) is 19.9. The van der Waals surface area contributed by atoms with Crippen molar-refractivity contribution < 1.29 is 9.18 Å². The summed E-state index contributed by atoms with van der Waals surface area (Å²) in [5.74, 6) is -0.365. The van der Waals surface area contributed by atoms with Gasteiger partial charge in [-0.25, -0.2) is 14.4 Å². The molecule has 0 atom stereocenters. The van der Waals surface area contributed by atoms with Crippen LogP contribution in [0.1, 0.15) is 23.1 Å². The Morgan fingerprint density at radius 2 is 2.20 bits per heavy atom. The maximum atomic E-state index is 14.0. The number of aryl methyl sites for hydroxylation is 1. The van der Waals surface area contributed by atoms with Gasteiger partial charge in [-0.1, -0.05) is 0 Å². The first-order valence-corrected chi connectivity index (χ1v) is 6.26. The Kier molecular flexibility index (Phi) is 4.29. The van der Waals surface area contributed by atoms with Crippen LogP contribution in [-0.2, 0) is 13.6 Å². The van der Waals surface area contributed by atoms with Crippen LogP contribution in [0.25, 0.3) is 0 Å². The SMILES string of the molecule is CCNc1nccc(C(=O)NCc2nccn2C)c1F. The molecule has 0 spiro atoms. The van der Waals surface area contributed by atoms with Gasteiger partial charge in [-0.05, 0) is 13.0 Å². The minimum Gasteiger partial charge on any atom is -0.368 e. The highest BCUT2D eigenvalue weighted by molar-refractivity contribution is 5.95. The van der Waals surface area contributed by atoms with Crippen molar-refractivity contribution in [2.75, 3.05) is 11.9 Å². The molecule has 0 aliphatic carbocycles. The van der Waals surface area contributed by atoms with Gasteiger partial charge in [0.1, 0.15) is 5.82 Å². The van der Waals surface area contributed by atoms with Gasteiger partial charge in [0.05, 0.1) is 12.1 Å². The van der Waals surface area contributed by atoms with Crippen molar-refractivity contribution in [3.8, 4) is 0 Å². The third-order valence-corrected chi connectivity index (χ3v) is 2.81. The lowest BCUT2D eigenvalue weighted by Crippen LogP contribution is -2.25. The van der Waals surface area contributed by atoms with Crippen LogP contribution >= 0.6 is 0 Å². The number of hydrogen-bond acceptors (Lipinski definition) is 4. The molecule has 2 aromatic rings. The van der Waals surface area contributed by atoms with E-state index in [9.17, 15) is 9.18 Å². The van der Waals surface area contributed by atoms with Gasteiger partial charge in [0.2, 0.25) is 0 Å². The van der Waals surface area contributed by atoms with E-state index in [0.29, 0.717) is 12.4 Å². The van der Waals surface area contributed by atoms with Gasteiger partial charge >= 0.3 is 0 Å². The van der Waals surface area contributed by atoms with E-state index in [-0.39, 0.29) is 17.9 Å². The predicted molar refractivity (Wildman–Crippen MR) is 72.7 cm³/mol. The maximum Gasteiger partial charge on any atom is 0.254 e. The molecule has 0 bridgehead atoms. The Balaban J connectivity index is 2.09. The molecule has 0 unspecified atom stereocenters. The van der Waals surface area contributed by atoms with Gasteiger partial charge in [-0.15, -0.1) is 0 Å². The van der Waals surface area contributed by atoms with Crippen LogP contribution in [0.4, 0.5) is 10.2 Å². The third kappa shape index (κ3) is 2.93. The van der Waals surface area contributed by atoms with Crippen LogP contribution < -0.4 is 10.6 Å². The summed E-state index contributed by atoms with van der Waals surface area (Å²) < 4.78 is 15.8. The van der Waals surface area contributed by atoms with E-state index in [0.717, 1.165) is 0 Å². The highest BCUT2D eigenvalue weighted by Crippen LogP contribution is 2.14. The number of rotatable bonds is 5. The minimum absolute atomic E-state index is 0.0369. The zero-order chi connectivity index (χ0) is 14.5. The second-order valence-electron chi connectivity index (χ2n) is 4.19. The van der Waals surface area contributed by atoms with Crippen molar-refractivity contribution in [1.29, 1.82) is 0 Å². The normalized spacial score (nSPS) is 10.3. The first kappa shape index (κ1) is 14.0. The van der Waals surface area contributed by atoms with E-state index in [2.05, 4.69) is 20.6 Å². The zero-order valence-electron chi connectivity index (χ0n) is 11.4. The molecule has 7 heteroatoms. The number of hydrogen-bond donors (Lipinski definition) is 2. The summed E-state index contributed by atoms with van der Waals surface area (Å²) in [6.07, 6.45) is 4.81. The number of aromatic nitrogens is 3. The number of carbonyl (C=O) groups is 1. The average Bonchev–Trinajstić information content (AvgIpc) is 2.84. The van der Waals surface area contributed by atoms with Crippen LogP contribution in [0.2, 0.25) is 0 Å². The largest absolute Gasteiger partial charge is 0.368 e. The summed E-state index contributed by atoms with van der Waals surface area (Å²) >= 11 is 0. The summed E-state index contributed by atoms with van der Waals surface area (Å²) in [6.45, 7) is 2.60. The lowest BCUT2D eigenvalue weighted by atomic mass is 10.2. The fraction of sp³-hybridized carbons (Fsp3) is 0.308. The Hall–Kier alpha value is -2.44. The van der Waals surface area contributed by atoms with Crippen molar-refractivity contribution in [1.82, 2.24) is 19.9 Å². The average molecular weight is 277 g/mol. The quantitative estimate of drug-likeness (QED) is 0.864. The molecule has 106 valence electrons. The molecule has 2 aromatic heterocycles. The topological polar surface area (TPSA) is 71.8 Å². The molecular formula is C13H16FN5O. The van der Waals surface area contributed by atoms with E-state index in [1.165, 1.54) is 12.3 Å². The van der Waals surface area contributed by atoms with Crippen LogP contribution in [0.3, 0.4) is 0 Å². The number of pyridine rings is 1. The fourth-order valence-electron chi connectivity index (χ4n) is 1.73. The van der Waals surface area contributed by atoms with Gasteiger partial charge in [0.15, 0.2) is 11.6 Å². The number of halogens is 1. The van der Waals surface area contributed by atoms with E-state index in [1.807, 2.05) is 14.0 Å². The number of carbonyl (C=O) groups excluding carboxylic acids is 1. The van der Waals surface area contributed by atoms with E-state index >= 15 is 0 Å². The summed E-state index contributed by atoms with van der Waals surface area (Å²) in [5, 5.41) is 5.40. The summed E-state index contributed by atoms with van der Waals surface area (Å²) in [6, 6.07) is 1.35. The molecule has 0 saturated heterocycles. The molecule has 0 fully saturated rings. The lowest BCUT2D eigenvalue weighted by molar-refractivity contribution is 0.0945. The highest BCUT2D eigenvalue weighted by atomic mass is 19.1. The van der Waals surface area contributed by atoms with Crippen LogP contribution in [0.15, 0.2) is 24.7 Å². The molecule has 2 heterocycles. The first-order chi connectivity index (χ1) is 9.63. The van der Waals surface area contributed by atoms with E-state index in [1.54, 1.807) is 17.0 Å². The van der Waals surface area contributed by atoms with Crippen molar-refractivity contribution in [3.05, 3.63) is 41.9 Å². The third-order valence-electron chi connectivity index (χ3n) is 2.81. The zero-order valence-corrected chi connectivity index (χ0v) is 11.4. The van der Waals surface area contributed by atoms with Crippen molar-refractivity contribution in [2.24, 2.45) is 7.05 Å². The number of anilines is 1. The minimum atomic E-state index is -0.647. The monoisotopic (exact) mass is 277 g/mol. The van der Waals surface area contributed by atoms with Crippen LogP contribution in [0, 0.1) is 5.82 Å².